The molecule has 0 aliphatic heterocycles. The maximum absolute atomic E-state index is 12.0. The third kappa shape index (κ3) is 3.15. The number of carbonyl (C=O) groups is 1. The first-order chi connectivity index (χ1) is 9.60. The number of rotatable bonds is 4. The summed E-state index contributed by atoms with van der Waals surface area (Å²) >= 11 is 0. The van der Waals surface area contributed by atoms with Gasteiger partial charge in [0.2, 0.25) is 0 Å². The van der Waals surface area contributed by atoms with Gasteiger partial charge in [0, 0.05) is 36.1 Å². The van der Waals surface area contributed by atoms with Gasteiger partial charge in [0.25, 0.3) is 11.6 Å². The van der Waals surface area contributed by atoms with E-state index in [1.54, 1.807) is 18.2 Å². The van der Waals surface area contributed by atoms with Crippen LogP contribution in [-0.4, -0.2) is 15.8 Å². The van der Waals surface area contributed by atoms with Crippen LogP contribution < -0.4 is 11.1 Å². The molecule has 20 heavy (non-hydrogen) atoms. The van der Waals surface area contributed by atoms with Crippen molar-refractivity contribution >= 4 is 17.3 Å². The van der Waals surface area contributed by atoms with E-state index in [4.69, 9.17) is 5.73 Å². The van der Waals surface area contributed by atoms with Crippen LogP contribution in [0.3, 0.4) is 0 Å². The maximum Gasteiger partial charge on any atom is 0.271 e. The van der Waals surface area contributed by atoms with Gasteiger partial charge in [-0.2, -0.15) is 0 Å². The average molecular weight is 272 g/mol. The van der Waals surface area contributed by atoms with Crippen LogP contribution in [-0.2, 0) is 6.54 Å². The minimum atomic E-state index is -0.519. The molecule has 0 radical (unpaired) electrons. The number of carbonyl (C=O) groups excluding carboxylic acids is 1. The summed E-state index contributed by atoms with van der Waals surface area (Å²) in [5, 5.41) is 13.3. The lowest BCUT2D eigenvalue weighted by Gasteiger charge is -2.06. The molecule has 0 aliphatic rings. The van der Waals surface area contributed by atoms with Gasteiger partial charge in [-0.05, 0) is 18.2 Å². The molecule has 2 aromatic rings. The van der Waals surface area contributed by atoms with Crippen LogP contribution in [0.5, 0.6) is 0 Å². The number of nitro benzene ring substituents is 1. The Morgan fingerprint density at radius 3 is 2.85 bits per heavy atom. The molecule has 0 saturated heterocycles. The molecule has 0 atom stereocenters. The van der Waals surface area contributed by atoms with Gasteiger partial charge in [-0.15, -0.1) is 0 Å². The standard InChI is InChI=1S/C13H12N4O3/c14-8-11-6-9(4-5-15-11)13(18)16-10-2-1-3-12(7-10)17(19)20/h1-7H,8,14H2,(H,16,18). The van der Waals surface area contributed by atoms with E-state index in [0.29, 0.717) is 16.9 Å². The van der Waals surface area contributed by atoms with Crippen LogP contribution in [0.1, 0.15) is 16.1 Å². The van der Waals surface area contributed by atoms with E-state index in [-0.39, 0.29) is 18.1 Å². The zero-order valence-electron chi connectivity index (χ0n) is 10.4. The lowest BCUT2D eigenvalue weighted by atomic mass is 10.2. The molecule has 1 heterocycles. The molecule has 7 heteroatoms. The first-order valence-corrected chi connectivity index (χ1v) is 5.81. The molecule has 0 unspecified atom stereocenters. The highest BCUT2D eigenvalue weighted by Crippen LogP contribution is 2.17. The number of hydrogen-bond acceptors (Lipinski definition) is 5. The van der Waals surface area contributed by atoms with Crippen LogP contribution >= 0.6 is 0 Å². The number of benzene rings is 1. The van der Waals surface area contributed by atoms with E-state index >= 15 is 0 Å². The van der Waals surface area contributed by atoms with Crippen molar-refractivity contribution in [2.75, 3.05) is 5.32 Å². The smallest absolute Gasteiger partial charge is 0.271 e. The minimum absolute atomic E-state index is 0.0832. The molecule has 2 rings (SSSR count). The molecule has 3 N–H and O–H groups in total. The molecule has 1 amide bonds. The highest BCUT2D eigenvalue weighted by atomic mass is 16.6. The van der Waals surface area contributed by atoms with Crippen molar-refractivity contribution in [3.63, 3.8) is 0 Å². The Kier molecular flexibility index (Phi) is 4.02. The Labute approximate surface area is 114 Å². The van der Waals surface area contributed by atoms with E-state index in [1.165, 1.54) is 24.4 Å². The van der Waals surface area contributed by atoms with Crippen molar-refractivity contribution in [2.45, 2.75) is 6.54 Å². The Morgan fingerprint density at radius 1 is 1.35 bits per heavy atom. The first kappa shape index (κ1) is 13.6. The second-order valence-corrected chi connectivity index (χ2v) is 4.00. The zero-order chi connectivity index (χ0) is 14.5. The molecule has 1 aromatic carbocycles. The van der Waals surface area contributed by atoms with Crippen LogP contribution in [0, 0.1) is 10.1 Å². The fourth-order valence-corrected chi connectivity index (χ4v) is 1.63. The summed E-state index contributed by atoms with van der Waals surface area (Å²) < 4.78 is 0. The maximum atomic E-state index is 12.0. The Morgan fingerprint density at radius 2 is 2.15 bits per heavy atom. The minimum Gasteiger partial charge on any atom is -0.325 e. The van der Waals surface area contributed by atoms with Gasteiger partial charge < -0.3 is 11.1 Å². The second-order valence-electron chi connectivity index (χ2n) is 4.00. The predicted octanol–water partition coefficient (Wildman–Crippen LogP) is 1.70. The largest absolute Gasteiger partial charge is 0.325 e. The number of nitro groups is 1. The highest BCUT2D eigenvalue weighted by molar-refractivity contribution is 6.04. The van der Waals surface area contributed by atoms with Crippen molar-refractivity contribution in [1.29, 1.82) is 0 Å². The van der Waals surface area contributed by atoms with Crippen LogP contribution in [0.15, 0.2) is 42.6 Å². The Balaban J connectivity index is 2.18. The summed E-state index contributed by atoms with van der Waals surface area (Å²) in [4.78, 5) is 26.1. The number of pyridine rings is 1. The molecular formula is C13H12N4O3. The number of nitrogens with zero attached hydrogens (tertiary/aromatic N) is 2. The van der Waals surface area contributed by atoms with Crippen molar-refractivity contribution in [1.82, 2.24) is 4.98 Å². The highest BCUT2D eigenvalue weighted by Gasteiger charge is 2.10. The van der Waals surface area contributed by atoms with Crippen molar-refractivity contribution in [3.8, 4) is 0 Å². The SMILES string of the molecule is NCc1cc(C(=O)Nc2cccc([N+](=O)[O-])c2)ccn1. The summed E-state index contributed by atoms with van der Waals surface area (Å²) in [6.45, 7) is 0.234. The summed E-state index contributed by atoms with van der Waals surface area (Å²) in [5.74, 6) is -0.373. The average Bonchev–Trinajstić information content (AvgIpc) is 2.47. The Bertz CT molecular complexity index is 658. The van der Waals surface area contributed by atoms with Crippen molar-refractivity contribution in [2.24, 2.45) is 5.73 Å². The van der Waals surface area contributed by atoms with Gasteiger partial charge in [0.1, 0.15) is 0 Å². The lowest BCUT2D eigenvalue weighted by Crippen LogP contribution is -2.13. The lowest BCUT2D eigenvalue weighted by molar-refractivity contribution is -0.384. The third-order valence-corrected chi connectivity index (χ3v) is 2.60. The molecule has 0 spiro atoms. The quantitative estimate of drug-likeness (QED) is 0.650. The van der Waals surface area contributed by atoms with Gasteiger partial charge in [0.05, 0.1) is 10.6 Å². The summed E-state index contributed by atoms with van der Waals surface area (Å²) in [6, 6.07) is 8.86. The van der Waals surface area contributed by atoms with Gasteiger partial charge in [-0.1, -0.05) is 6.07 Å². The molecule has 0 fully saturated rings. The molecule has 0 saturated carbocycles. The van der Waals surface area contributed by atoms with Gasteiger partial charge in [-0.3, -0.25) is 19.9 Å². The Hall–Kier alpha value is -2.80. The number of nitrogens with two attached hydrogens (primary N) is 1. The van der Waals surface area contributed by atoms with Crippen molar-refractivity contribution in [3.05, 3.63) is 64.0 Å². The fraction of sp³-hybridized carbons (Fsp3) is 0.0769. The van der Waals surface area contributed by atoms with Crippen molar-refractivity contribution < 1.29 is 9.72 Å². The molecule has 7 nitrogen and oxygen atoms in total. The fourth-order valence-electron chi connectivity index (χ4n) is 1.63. The summed E-state index contributed by atoms with van der Waals surface area (Å²) in [6.07, 6.45) is 1.49. The summed E-state index contributed by atoms with van der Waals surface area (Å²) in [7, 11) is 0. The first-order valence-electron chi connectivity index (χ1n) is 5.81. The van der Waals surface area contributed by atoms with E-state index in [9.17, 15) is 14.9 Å². The van der Waals surface area contributed by atoms with E-state index in [2.05, 4.69) is 10.3 Å². The number of non-ortho nitro benzene ring substituents is 1. The predicted molar refractivity (Wildman–Crippen MR) is 73.2 cm³/mol. The number of anilines is 1. The summed E-state index contributed by atoms with van der Waals surface area (Å²) in [5.41, 5.74) is 6.72. The van der Waals surface area contributed by atoms with E-state index in [0.717, 1.165) is 0 Å². The monoisotopic (exact) mass is 272 g/mol. The van der Waals surface area contributed by atoms with Gasteiger partial charge in [-0.25, -0.2) is 0 Å². The number of amides is 1. The molecule has 0 aliphatic carbocycles. The van der Waals surface area contributed by atoms with Gasteiger partial charge >= 0.3 is 0 Å². The normalized spacial score (nSPS) is 10.1. The molecule has 1 aromatic heterocycles. The van der Waals surface area contributed by atoms with Crippen LogP contribution in [0.4, 0.5) is 11.4 Å². The van der Waals surface area contributed by atoms with E-state index in [1.807, 2.05) is 0 Å². The third-order valence-electron chi connectivity index (χ3n) is 2.60. The second kappa shape index (κ2) is 5.89. The number of hydrogen-bond donors (Lipinski definition) is 2. The number of nitrogens with one attached hydrogen (secondary N) is 1. The van der Waals surface area contributed by atoms with Gasteiger partial charge in [0.15, 0.2) is 0 Å². The molecule has 0 bridgehead atoms. The molecule has 102 valence electrons. The van der Waals surface area contributed by atoms with Crippen LogP contribution in [0.2, 0.25) is 0 Å². The van der Waals surface area contributed by atoms with E-state index < -0.39 is 4.92 Å². The topological polar surface area (TPSA) is 111 Å². The number of aromatic nitrogens is 1. The zero-order valence-corrected chi connectivity index (χ0v) is 10.4. The molecular weight excluding hydrogens is 260 g/mol. The van der Waals surface area contributed by atoms with Crippen LogP contribution in [0.25, 0.3) is 0 Å².